The second-order valence-electron chi connectivity index (χ2n) is 5.75. The van der Waals surface area contributed by atoms with Gasteiger partial charge in [-0.3, -0.25) is 9.69 Å². The standard InChI is InChI=1S/C12H19NO3/c1-12(2,3)16-11(15)13-5-4-8-6-9(13)10(14)7-8/h8-9H,4-7H2,1-3H3. The van der Waals surface area contributed by atoms with E-state index in [2.05, 4.69) is 0 Å². The normalized spacial score (nSPS) is 29.4. The molecular formula is C12H19NO3. The minimum atomic E-state index is -0.490. The van der Waals surface area contributed by atoms with Gasteiger partial charge in [0.1, 0.15) is 5.60 Å². The fourth-order valence-corrected chi connectivity index (χ4v) is 2.49. The van der Waals surface area contributed by atoms with Gasteiger partial charge >= 0.3 is 6.09 Å². The van der Waals surface area contributed by atoms with Gasteiger partial charge in [-0.25, -0.2) is 4.79 Å². The number of Topliss-reactive ketones (excluding diaryl/α,β-unsaturated/α-hetero) is 1. The molecule has 2 atom stereocenters. The molecule has 0 aromatic rings. The average molecular weight is 225 g/mol. The first-order chi connectivity index (χ1) is 7.37. The predicted octanol–water partition coefficient (Wildman–Crippen LogP) is 1.97. The Hall–Kier alpha value is -1.06. The van der Waals surface area contributed by atoms with E-state index in [0.29, 0.717) is 18.9 Å². The van der Waals surface area contributed by atoms with Gasteiger partial charge < -0.3 is 4.74 Å². The van der Waals surface area contributed by atoms with Crippen molar-refractivity contribution in [3.8, 4) is 0 Å². The number of hydrogen-bond acceptors (Lipinski definition) is 3. The Morgan fingerprint density at radius 1 is 1.44 bits per heavy atom. The number of carbonyl (C=O) groups excluding carboxylic acids is 2. The molecule has 0 aromatic heterocycles. The number of amides is 1. The number of ether oxygens (including phenoxy) is 1. The summed E-state index contributed by atoms with van der Waals surface area (Å²) in [5, 5.41) is 0. The Balaban J connectivity index is 2.04. The third-order valence-corrected chi connectivity index (χ3v) is 3.20. The van der Waals surface area contributed by atoms with Crippen LogP contribution in [-0.4, -0.2) is 35.0 Å². The molecule has 0 N–H and O–H groups in total. The van der Waals surface area contributed by atoms with Gasteiger partial charge in [0, 0.05) is 13.0 Å². The fraction of sp³-hybridized carbons (Fsp3) is 0.833. The summed E-state index contributed by atoms with van der Waals surface area (Å²) in [7, 11) is 0. The van der Waals surface area contributed by atoms with E-state index in [1.165, 1.54) is 0 Å². The minimum absolute atomic E-state index is 0.202. The van der Waals surface area contributed by atoms with Gasteiger partial charge in [-0.05, 0) is 39.5 Å². The van der Waals surface area contributed by atoms with E-state index in [9.17, 15) is 9.59 Å². The van der Waals surface area contributed by atoms with Gasteiger partial charge in [0.25, 0.3) is 0 Å². The summed E-state index contributed by atoms with van der Waals surface area (Å²) in [6.45, 7) is 6.19. The Labute approximate surface area is 95.9 Å². The summed E-state index contributed by atoms with van der Waals surface area (Å²) in [5.41, 5.74) is -0.490. The lowest BCUT2D eigenvalue weighted by atomic mass is 10.00. The van der Waals surface area contributed by atoms with Gasteiger partial charge in [-0.15, -0.1) is 0 Å². The van der Waals surface area contributed by atoms with Crippen molar-refractivity contribution in [1.29, 1.82) is 0 Å². The molecule has 1 aliphatic carbocycles. The third kappa shape index (κ3) is 2.20. The molecule has 16 heavy (non-hydrogen) atoms. The first-order valence-electron chi connectivity index (χ1n) is 5.89. The fourth-order valence-electron chi connectivity index (χ4n) is 2.49. The largest absolute Gasteiger partial charge is 0.444 e. The summed E-state index contributed by atoms with van der Waals surface area (Å²) < 4.78 is 5.31. The number of piperidine rings is 1. The SMILES string of the molecule is CC(C)(C)OC(=O)N1CCC2CC(=O)C1C2. The maximum atomic E-state index is 11.9. The van der Waals surface area contributed by atoms with Crippen LogP contribution in [0, 0.1) is 5.92 Å². The van der Waals surface area contributed by atoms with Gasteiger partial charge in [0.2, 0.25) is 0 Å². The van der Waals surface area contributed by atoms with Crippen LogP contribution in [0.4, 0.5) is 4.79 Å². The van der Waals surface area contributed by atoms with E-state index in [0.717, 1.165) is 12.8 Å². The second kappa shape index (κ2) is 3.75. The third-order valence-electron chi connectivity index (χ3n) is 3.20. The Kier molecular flexibility index (Phi) is 2.68. The van der Waals surface area contributed by atoms with Gasteiger partial charge in [0.05, 0.1) is 6.04 Å². The van der Waals surface area contributed by atoms with Crippen molar-refractivity contribution >= 4 is 11.9 Å². The maximum Gasteiger partial charge on any atom is 0.410 e. The van der Waals surface area contributed by atoms with Crippen molar-refractivity contribution in [2.75, 3.05) is 6.54 Å². The molecule has 2 rings (SSSR count). The number of fused-ring (bicyclic) bond motifs is 2. The molecule has 2 fully saturated rings. The molecule has 1 heterocycles. The number of ketones is 1. The lowest BCUT2D eigenvalue weighted by Crippen LogP contribution is -2.47. The van der Waals surface area contributed by atoms with E-state index in [-0.39, 0.29) is 17.9 Å². The molecule has 0 aromatic carbocycles. The molecule has 0 radical (unpaired) electrons. The van der Waals surface area contributed by atoms with Crippen molar-refractivity contribution in [3.63, 3.8) is 0 Å². The van der Waals surface area contributed by atoms with Gasteiger partial charge in [0.15, 0.2) is 5.78 Å². The van der Waals surface area contributed by atoms with Crippen molar-refractivity contribution < 1.29 is 14.3 Å². The zero-order chi connectivity index (χ0) is 11.9. The Bertz CT molecular complexity index is 319. The molecule has 2 aliphatic rings. The molecule has 1 aliphatic heterocycles. The maximum absolute atomic E-state index is 11.9. The van der Waals surface area contributed by atoms with Gasteiger partial charge in [-0.2, -0.15) is 0 Å². The van der Waals surface area contributed by atoms with E-state index in [4.69, 9.17) is 4.74 Å². The quantitative estimate of drug-likeness (QED) is 0.633. The molecule has 4 nitrogen and oxygen atoms in total. The van der Waals surface area contributed by atoms with Crippen LogP contribution in [0.3, 0.4) is 0 Å². The number of hydrogen-bond donors (Lipinski definition) is 0. The van der Waals surface area contributed by atoms with Crippen LogP contribution < -0.4 is 0 Å². The van der Waals surface area contributed by atoms with Crippen LogP contribution in [0.1, 0.15) is 40.0 Å². The molecular weight excluding hydrogens is 206 g/mol. The van der Waals surface area contributed by atoms with Crippen LogP contribution in [0.15, 0.2) is 0 Å². The molecule has 2 bridgehead atoms. The number of carbonyl (C=O) groups is 2. The van der Waals surface area contributed by atoms with Crippen LogP contribution in [0.2, 0.25) is 0 Å². The summed E-state index contributed by atoms with van der Waals surface area (Å²) in [4.78, 5) is 25.2. The molecule has 90 valence electrons. The first kappa shape index (κ1) is 11.4. The highest BCUT2D eigenvalue weighted by Crippen LogP contribution is 2.34. The van der Waals surface area contributed by atoms with Gasteiger partial charge in [-0.1, -0.05) is 0 Å². The van der Waals surface area contributed by atoms with E-state index >= 15 is 0 Å². The number of rotatable bonds is 0. The molecule has 1 saturated carbocycles. The van der Waals surface area contributed by atoms with E-state index < -0.39 is 5.60 Å². The second-order valence-corrected chi connectivity index (χ2v) is 5.75. The highest BCUT2D eigenvalue weighted by molar-refractivity contribution is 5.90. The topological polar surface area (TPSA) is 46.6 Å². The zero-order valence-corrected chi connectivity index (χ0v) is 10.2. The molecule has 1 saturated heterocycles. The highest BCUT2D eigenvalue weighted by Gasteiger charge is 2.43. The van der Waals surface area contributed by atoms with Crippen LogP contribution in [0.25, 0.3) is 0 Å². The van der Waals surface area contributed by atoms with Crippen molar-refractivity contribution in [2.24, 2.45) is 5.92 Å². The predicted molar refractivity (Wildman–Crippen MR) is 59.1 cm³/mol. The average Bonchev–Trinajstić information content (AvgIpc) is 2.40. The summed E-state index contributed by atoms with van der Waals surface area (Å²) in [6.07, 6.45) is 2.06. The number of likely N-dealkylation sites (tertiary alicyclic amines) is 1. The molecule has 1 amide bonds. The van der Waals surface area contributed by atoms with Crippen molar-refractivity contribution in [2.45, 2.75) is 51.7 Å². The first-order valence-corrected chi connectivity index (χ1v) is 5.89. The minimum Gasteiger partial charge on any atom is -0.444 e. The molecule has 2 unspecified atom stereocenters. The summed E-state index contributed by atoms with van der Waals surface area (Å²) >= 11 is 0. The zero-order valence-electron chi connectivity index (χ0n) is 10.2. The van der Waals surface area contributed by atoms with Crippen molar-refractivity contribution in [1.82, 2.24) is 4.90 Å². The highest BCUT2D eigenvalue weighted by atomic mass is 16.6. The van der Waals surface area contributed by atoms with E-state index in [1.54, 1.807) is 4.90 Å². The number of nitrogens with zero attached hydrogens (tertiary/aromatic N) is 1. The Morgan fingerprint density at radius 3 is 2.75 bits per heavy atom. The smallest absolute Gasteiger partial charge is 0.410 e. The monoisotopic (exact) mass is 225 g/mol. The molecule has 4 heteroatoms. The van der Waals surface area contributed by atoms with Crippen molar-refractivity contribution in [3.05, 3.63) is 0 Å². The Morgan fingerprint density at radius 2 is 2.12 bits per heavy atom. The van der Waals surface area contributed by atoms with E-state index in [1.807, 2.05) is 20.8 Å². The summed E-state index contributed by atoms with van der Waals surface area (Å²) in [6, 6.07) is -0.214. The van der Waals surface area contributed by atoms with Crippen LogP contribution >= 0.6 is 0 Å². The lowest BCUT2D eigenvalue weighted by molar-refractivity contribution is -0.121. The summed E-state index contributed by atoms with van der Waals surface area (Å²) in [5.74, 6) is 0.699. The lowest BCUT2D eigenvalue weighted by Gasteiger charge is -2.33. The van der Waals surface area contributed by atoms with Crippen LogP contribution in [-0.2, 0) is 9.53 Å². The molecule has 0 spiro atoms. The van der Waals surface area contributed by atoms with Crippen LogP contribution in [0.5, 0.6) is 0 Å².